The molecule has 1 fully saturated rings. The summed E-state index contributed by atoms with van der Waals surface area (Å²) in [5, 5.41) is 4.80. The van der Waals surface area contributed by atoms with Crippen LogP contribution in [0.15, 0.2) is 11.4 Å². The molecule has 3 N–H and O–H groups in total. The molecule has 1 amide bonds. The first-order chi connectivity index (χ1) is 9.61. The molecule has 0 unspecified atom stereocenters. The third kappa shape index (κ3) is 3.50. The molecule has 110 valence electrons. The van der Waals surface area contributed by atoms with Crippen molar-refractivity contribution >= 4 is 28.9 Å². The van der Waals surface area contributed by atoms with E-state index in [2.05, 4.69) is 5.32 Å². The Morgan fingerprint density at radius 3 is 2.65 bits per heavy atom. The number of amides is 1. The number of nitrogen functional groups attached to an aromatic ring is 1. The highest BCUT2D eigenvalue weighted by atomic mass is 32.1. The minimum Gasteiger partial charge on any atom is -0.466 e. The van der Waals surface area contributed by atoms with E-state index in [0.29, 0.717) is 17.2 Å². The molecule has 0 bridgehead atoms. The summed E-state index contributed by atoms with van der Waals surface area (Å²) in [5.41, 5.74) is 6.25. The molecule has 2 rings (SSSR count). The molecule has 6 heteroatoms. The lowest BCUT2D eigenvalue weighted by molar-refractivity contribution is -0.149. The molecule has 1 aliphatic carbocycles. The minimum absolute atomic E-state index is 0.0186. The molecule has 20 heavy (non-hydrogen) atoms. The molecule has 0 saturated heterocycles. The van der Waals surface area contributed by atoms with Gasteiger partial charge in [-0.05, 0) is 44.1 Å². The zero-order valence-corrected chi connectivity index (χ0v) is 12.4. The van der Waals surface area contributed by atoms with Gasteiger partial charge in [-0.15, -0.1) is 11.3 Å². The number of thiophene rings is 1. The Morgan fingerprint density at radius 2 is 2.10 bits per heavy atom. The number of anilines is 1. The molecule has 0 atom stereocenters. The van der Waals surface area contributed by atoms with E-state index >= 15 is 0 Å². The van der Waals surface area contributed by atoms with Crippen LogP contribution in [-0.2, 0) is 9.53 Å². The molecular formula is C14H20N2O3S. The van der Waals surface area contributed by atoms with Crippen LogP contribution in [0.2, 0.25) is 0 Å². The van der Waals surface area contributed by atoms with Gasteiger partial charge in [-0.25, -0.2) is 0 Å². The third-order valence-electron chi connectivity index (χ3n) is 3.58. The highest BCUT2D eigenvalue weighted by Gasteiger charge is 2.28. The van der Waals surface area contributed by atoms with Crippen molar-refractivity contribution in [3.8, 4) is 0 Å². The molecule has 0 spiro atoms. The van der Waals surface area contributed by atoms with E-state index in [1.165, 1.54) is 11.3 Å². The molecule has 1 aromatic heterocycles. The maximum Gasteiger partial charge on any atom is 0.308 e. The van der Waals surface area contributed by atoms with Gasteiger partial charge in [0.2, 0.25) is 0 Å². The van der Waals surface area contributed by atoms with Gasteiger partial charge in [0.05, 0.1) is 18.2 Å². The van der Waals surface area contributed by atoms with Crippen molar-refractivity contribution in [3.05, 3.63) is 16.3 Å². The molecule has 1 saturated carbocycles. The second kappa shape index (κ2) is 6.74. The van der Waals surface area contributed by atoms with E-state index in [4.69, 9.17) is 10.5 Å². The van der Waals surface area contributed by atoms with Crippen LogP contribution in [-0.4, -0.2) is 24.5 Å². The van der Waals surface area contributed by atoms with Crippen LogP contribution in [0.3, 0.4) is 0 Å². The Labute approximate surface area is 122 Å². The zero-order valence-electron chi connectivity index (χ0n) is 11.6. The number of ether oxygens (including phenoxy) is 1. The summed E-state index contributed by atoms with van der Waals surface area (Å²) in [4.78, 5) is 24.2. The molecule has 0 aliphatic heterocycles. The highest BCUT2D eigenvalue weighted by molar-refractivity contribution is 7.12. The monoisotopic (exact) mass is 296 g/mol. The first kappa shape index (κ1) is 14.8. The van der Waals surface area contributed by atoms with Crippen LogP contribution >= 0.6 is 11.3 Å². The number of hydrogen-bond acceptors (Lipinski definition) is 5. The molecule has 5 nitrogen and oxygen atoms in total. The van der Waals surface area contributed by atoms with Gasteiger partial charge in [-0.1, -0.05) is 0 Å². The van der Waals surface area contributed by atoms with Gasteiger partial charge < -0.3 is 15.8 Å². The van der Waals surface area contributed by atoms with Crippen molar-refractivity contribution in [2.45, 2.75) is 38.6 Å². The van der Waals surface area contributed by atoms with Crippen molar-refractivity contribution in [3.63, 3.8) is 0 Å². The van der Waals surface area contributed by atoms with Crippen LogP contribution in [0, 0.1) is 5.92 Å². The number of nitrogens with two attached hydrogens (primary N) is 1. The molecule has 1 aliphatic rings. The lowest BCUT2D eigenvalue weighted by Gasteiger charge is -2.27. The Morgan fingerprint density at radius 1 is 1.40 bits per heavy atom. The lowest BCUT2D eigenvalue weighted by atomic mass is 9.86. The fourth-order valence-corrected chi connectivity index (χ4v) is 3.21. The average Bonchev–Trinajstić information content (AvgIpc) is 2.86. The minimum atomic E-state index is -0.114. The Bertz CT molecular complexity index is 479. The van der Waals surface area contributed by atoms with Gasteiger partial charge in [0, 0.05) is 6.04 Å². The lowest BCUT2D eigenvalue weighted by Crippen LogP contribution is -2.38. The summed E-state index contributed by atoms with van der Waals surface area (Å²) >= 11 is 1.35. The fourth-order valence-electron chi connectivity index (χ4n) is 2.49. The second-order valence-corrected chi connectivity index (χ2v) is 5.90. The van der Waals surface area contributed by atoms with E-state index in [1.54, 1.807) is 6.07 Å². The van der Waals surface area contributed by atoms with E-state index in [1.807, 2.05) is 12.3 Å². The number of carbonyl (C=O) groups excluding carboxylic acids is 2. The largest absolute Gasteiger partial charge is 0.466 e. The quantitative estimate of drug-likeness (QED) is 0.834. The van der Waals surface area contributed by atoms with Crippen molar-refractivity contribution in [2.24, 2.45) is 5.92 Å². The van der Waals surface area contributed by atoms with Gasteiger partial charge in [-0.2, -0.15) is 0 Å². The Balaban J connectivity index is 1.81. The second-order valence-electron chi connectivity index (χ2n) is 4.98. The van der Waals surface area contributed by atoms with Crippen molar-refractivity contribution in [2.75, 3.05) is 12.3 Å². The maximum atomic E-state index is 12.0. The SMILES string of the molecule is CCOC(=O)C1CCC(NC(=O)c2sccc2N)CC1. The molecule has 0 aromatic carbocycles. The first-order valence-electron chi connectivity index (χ1n) is 6.92. The van der Waals surface area contributed by atoms with E-state index in [9.17, 15) is 9.59 Å². The van der Waals surface area contributed by atoms with Gasteiger partial charge in [0.15, 0.2) is 0 Å². The van der Waals surface area contributed by atoms with Gasteiger partial charge in [-0.3, -0.25) is 9.59 Å². The van der Waals surface area contributed by atoms with Crippen LogP contribution in [0.4, 0.5) is 5.69 Å². The van der Waals surface area contributed by atoms with E-state index in [-0.39, 0.29) is 23.8 Å². The molecule has 1 heterocycles. The smallest absolute Gasteiger partial charge is 0.308 e. The summed E-state index contributed by atoms with van der Waals surface area (Å²) in [6, 6.07) is 1.85. The van der Waals surface area contributed by atoms with Gasteiger partial charge in [0.1, 0.15) is 4.88 Å². The molecular weight excluding hydrogens is 276 g/mol. The van der Waals surface area contributed by atoms with Crippen LogP contribution < -0.4 is 11.1 Å². The number of nitrogens with one attached hydrogen (secondary N) is 1. The summed E-state index contributed by atoms with van der Waals surface area (Å²) in [6.45, 7) is 2.24. The summed E-state index contributed by atoms with van der Waals surface area (Å²) < 4.78 is 5.03. The van der Waals surface area contributed by atoms with Crippen LogP contribution in [0.1, 0.15) is 42.3 Å². The third-order valence-corrected chi connectivity index (χ3v) is 4.51. The summed E-state index contributed by atoms with van der Waals surface area (Å²) in [7, 11) is 0. The normalized spacial score (nSPS) is 22.2. The summed E-state index contributed by atoms with van der Waals surface area (Å²) in [6.07, 6.45) is 3.15. The van der Waals surface area contributed by atoms with Crippen molar-refractivity contribution in [1.82, 2.24) is 5.32 Å². The van der Waals surface area contributed by atoms with Crippen LogP contribution in [0.25, 0.3) is 0 Å². The predicted octanol–water partition coefficient (Wildman–Crippen LogP) is 2.18. The standard InChI is InChI=1S/C14H20N2O3S/c1-2-19-14(18)9-3-5-10(6-4-9)16-13(17)12-11(15)7-8-20-12/h7-10H,2-6,15H2,1H3,(H,16,17). The Hall–Kier alpha value is -1.56. The predicted molar refractivity (Wildman–Crippen MR) is 78.6 cm³/mol. The van der Waals surface area contributed by atoms with Crippen molar-refractivity contribution in [1.29, 1.82) is 0 Å². The molecule has 1 aromatic rings. The van der Waals surface area contributed by atoms with Gasteiger partial charge >= 0.3 is 5.97 Å². The average molecular weight is 296 g/mol. The molecule has 0 radical (unpaired) electrons. The maximum absolute atomic E-state index is 12.0. The topological polar surface area (TPSA) is 81.4 Å². The first-order valence-corrected chi connectivity index (χ1v) is 7.80. The summed E-state index contributed by atoms with van der Waals surface area (Å²) in [5.74, 6) is -0.244. The van der Waals surface area contributed by atoms with Crippen LogP contribution in [0.5, 0.6) is 0 Å². The zero-order chi connectivity index (χ0) is 14.5. The number of rotatable bonds is 4. The van der Waals surface area contributed by atoms with Crippen molar-refractivity contribution < 1.29 is 14.3 Å². The number of esters is 1. The van der Waals surface area contributed by atoms with E-state index < -0.39 is 0 Å². The fraction of sp³-hybridized carbons (Fsp3) is 0.571. The number of hydrogen-bond donors (Lipinski definition) is 2. The Kier molecular flexibility index (Phi) is 5.00. The van der Waals surface area contributed by atoms with E-state index in [0.717, 1.165) is 25.7 Å². The van der Waals surface area contributed by atoms with Gasteiger partial charge in [0.25, 0.3) is 5.91 Å². The highest BCUT2D eigenvalue weighted by Crippen LogP contribution is 2.26. The number of carbonyl (C=O) groups is 2.